The zero-order valence-electron chi connectivity index (χ0n) is 38.2. The van der Waals surface area contributed by atoms with Crippen molar-refractivity contribution in [3.63, 3.8) is 0 Å². The molecule has 2 aliphatic carbocycles. The van der Waals surface area contributed by atoms with E-state index in [0.29, 0.717) is 0 Å². The van der Waals surface area contributed by atoms with E-state index < -0.39 is 25.9 Å². The van der Waals surface area contributed by atoms with Gasteiger partial charge in [-0.05, 0) is 0 Å². The molecule has 317 valence electrons. The van der Waals surface area contributed by atoms with E-state index >= 15 is 0 Å². The zero-order valence-corrected chi connectivity index (χ0v) is 43.6. The topological polar surface area (TPSA) is 0 Å². The first-order chi connectivity index (χ1) is 29.9. The van der Waals surface area contributed by atoms with Crippen LogP contribution in [0.2, 0.25) is 0 Å². The number of benzene rings is 6. The van der Waals surface area contributed by atoms with Crippen molar-refractivity contribution in [1.82, 2.24) is 0 Å². The molecule has 6 aromatic carbocycles. The second-order valence-corrected chi connectivity index (χ2v) is 41.5. The molecule has 2 unspecified atom stereocenters. The van der Waals surface area contributed by atoms with Gasteiger partial charge in [0.2, 0.25) is 0 Å². The molecule has 0 amide bonds. The van der Waals surface area contributed by atoms with Crippen molar-refractivity contribution in [1.29, 1.82) is 0 Å². The summed E-state index contributed by atoms with van der Waals surface area (Å²) in [7, 11) is 18.1. The summed E-state index contributed by atoms with van der Waals surface area (Å²) in [6, 6.07) is 40.3. The molecule has 0 bridgehead atoms. The first-order valence-corrected chi connectivity index (χ1v) is 35.4. The Morgan fingerprint density at radius 3 is 1.42 bits per heavy atom. The van der Waals surface area contributed by atoms with E-state index in [1.165, 1.54) is 114 Å². The Balaban J connectivity index is 1.40. The zero-order chi connectivity index (χ0) is 43.5. The molecule has 9 rings (SSSR count). The fourth-order valence-corrected chi connectivity index (χ4v) is 40.3. The minimum atomic E-state index is -5.67. The molecule has 0 radical (unpaired) electrons. The normalized spacial score (nSPS) is 17.3. The second kappa shape index (κ2) is 17.1. The molecule has 1 aliphatic heterocycles. The molecule has 3 aliphatic rings. The standard InChI is InChI=1S/2C23H27.C12H9Si.2ClH.Zr/c2*1-5-7-18-14-20-10-9-19(8-6-2)23(22(20)15-18)21-12-16(3)11-17(4)13-21;1-3-7-11-9(5-1)10-6-2-4-8-12(10)13-11;;;/h2*9-15H,5-8H2,1-4H3;1-7H,13H2;2*1H;/q;;;;;+2/p-2. The van der Waals surface area contributed by atoms with E-state index in [0.717, 1.165) is 51.4 Å². The molecule has 0 nitrogen and oxygen atoms in total. The summed E-state index contributed by atoms with van der Waals surface area (Å²) in [5.41, 5.74) is 24.5. The Bertz CT molecular complexity index is 2640. The van der Waals surface area contributed by atoms with Gasteiger partial charge in [-0.3, -0.25) is 0 Å². The third-order valence-corrected chi connectivity index (χ3v) is 37.1. The summed E-state index contributed by atoms with van der Waals surface area (Å²) in [4.78, 5) is 0. The van der Waals surface area contributed by atoms with Gasteiger partial charge in [-0.1, -0.05) is 0 Å². The van der Waals surface area contributed by atoms with Crippen LogP contribution in [0, 0.1) is 27.7 Å². The molecule has 0 N–H and O–H groups in total. The summed E-state index contributed by atoms with van der Waals surface area (Å²) in [5.74, 6) is 0. The van der Waals surface area contributed by atoms with Crippen LogP contribution >= 0.6 is 17.0 Å². The van der Waals surface area contributed by atoms with E-state index in [-0.39, 0.29) is 7.25 Å². The minimum absolute atomic E-state index is 0.0737. The van der Waals surface area contributed by atoms with Crippen molar-refractivity contribution in [3.8, 4) is 33.4 Å². The third-order valence-electron chi connectivity index (χ3n) is 14.3. The number of hydrogen-bond acceptors (Lipinski definition) is 0. The van der Waals surface area contributed by atoms with E-state index in [2.05, 4.69) is 171 Å². The van der Waals surface area contributed by atoms with Crippen LogP contribution in [0.15, 0.2) is 114 Å². The monoisotopic (exact) mass is 947 g/mol. The van der Waals surface area contributed by atoms with Crippen molar-refractivity contribution in [2.75, 3.05) is 0 Å². The summed E-state index contributed by atoms with van der Waals surface area (Å²) in [6.07, 6.45) is 13.5. The number of hydrogen-bond donors (Lipinski definition) is 0. The molecular weight excluding hydrogens is 887 g/mol. The van der Waals surface area contributed by atoms with Gasteiger partial charge < -0.3 is 0 Å². The number of allylic oxidation sites excluding steroid dienone is 2. The molecule has 0 spiro atoms. The summed E-state index contributed by atoms with van der Waals surface area (Å²) < 4.78 is 1.18. The van der Waals surface area contributed by atoms with Gasteiger partial charge >= 0.3 is 386 Å². The quantitative estimate of drug-likeness (QED) is 0.101. The maximum atomic E-state index is 9.49. The van der Waals surface area contributed by atoms with Crippen molar-refractivity contribution >= 4 is 52.3 Å². The molecule has 0 fully saturated rings. The molecule has 4 heteroatoms. The van der Waals surface area contributed by atoms with Gasteiger partial charge in [-0.2, -0.15) is 0 Å². The second-order valence-electron chi connectivity index (χ2n) is 19.1. The fraction of sp³-hybridized carbons (Fsp3) is 0.310. The molecule has 2 atom stereocenters. The summed E-state index contributed by atoms with van der Waals surface area (Å²) in [6.45, 7) is 18.2. The van der Waals surface area contributed by atoms with Crippen molar-refractivity contribution in [2.45, 2.75) is 114 Å². The molecule has 62 heavy (non-hydrogen) atoms. The Morgan fingerprint density at radius 2 is 0.952 bits per heavy atom. The van der Waals surface area contributed by atoms with Crippen LogP contribution < -0.4 is 13.6 Å². The van der Waals surface area contributed by atoms with Crippen LogP contribution in [-0.4, -0.2) is 9.52 Å². The molecule has 0 aromatic heterocycles. The Kier molecular flexibility index (Phi) is 12.1. The van der Waals surface area contributed by atoms with Gasteiger partial charge in [0.25, 0.3) is 0 Å². The predicted molar refractivity (Wildman–Crippen MR) is 273 cm³/mol. The van der Waals surface area contributed by atoms with E-state index in [1.807, 2.05) is 0 Å². The van der Waals surface area contributed by atoms with E-state index in [9.17, 15) is 17.0 Å². The number of fused-ring (bicyclic) bond motifs is 5. The van der Waals surface area contributed by atoms with Crippen molar-refractivity contribution in [2.24, 2.45) is 0 Å². The van der Waals surface area contributed by atoms with Gasteiger partial charge in [0.05, 0.1) is 0 Å². The molecule has 6 aromatic rings. The summed E-state index contributed by atoms with van der Waals surface area (Å²) in [5, 5.41) is 3.00. The average molecular weight is 950 g/mol. The van der Waals surface area contributed by atoms with Crippen LogP contribution in [-0.2, 0) is 29.2 Å². The van der Waals surface area contributed by atoms with Crippen LogP contribution in [0.4, 0.5) is 0 Å². The Morgan fingerprint density at radius 1 is 0.500 bits per heavy atom. The fourth-order valence-electron chi connectivity index (χ4n) is 12.3. The van der Waals surface area contributed by atoms with Crippen molar-refractivity contribution in [3.05, 3.63) is 170 Å². The molecule has 1 heterocycles. The molecular formula is C58H63Cl2SiZr. The number of halogens is 2. The molecule has 0 saturated carbocycles. The summed E-state index contributed by atoms with van der Waals surface area (Å²) >= 11 is -5.67. The van der Waals surface area contributed by atoms with Gasteiger partial charge in [0.1, 0.15) is 0 Å². The van der Waals surface area contributed by atoms with Crippen LogP contribution in [0.1, 0.15) is 129 Å². The number of rotatable bonds is 13. The van der Waals surface area contributed by atoms with Crippen LogP contribution in [0.3, 0.4) is 0 Å². The SMILES string of the molecule is CCCC1=Cc2c(ccc(CCC)c2-c2cc(C)cc(C)c2)[CH]1[Zr]([Cl])([Cl])([c]1cccc2c1[SiH2]c1ccccc1-2)[CH]1C(CCC)=Cc2c1ccc(CCC)c2-c1cc(C)cc(C)c1. The first-order valence-electron chi connectivity index (χ1n) is 23.6. The van der Waals surface area contributed by atoms with Gasteiger partial charge in [-0.25, -0.2) is 0 Å². The Hall–Kier alpha value is -3.52. The molecule has 0 saturated heterocycles. The average Bonchev–Trinajstić information content (AvgIpc) is 3.92. The third kappa shape index (κ3) is 7.19. The van der Waals surface area contributed by atoms with Gasteiger partial charge in [0.15, 0.2) is 0 Å². The van der Waals surface area contributed by atoms with Gasteiger partial charge in [0, 0.05) is 0 Å². The van der Waals surface area contributed by atoms with E-state index in [1.54, 1.807) is 0 Å². The van der Waals surface area contributed by atoms with Gasteiger partial charge in [-0.15, -0.1) is 0 Å². The number of aryl methyl sites for hydroxylation is 6. The van der Waals surface area contributed by atoms with E-state index in [4.69, 9.17) is 0 Å². The Labute approximate surface area is 383 Å². The van der Waals surface area contributed by atoms with Crippen LogP contribution in [0.25, 0.3) is 45.5 Å². The predicted octanol–water partition coefficient (Wildman–Crippen LogP) is 14.8. The first kappa shape index (κ1) is 43.7. The van der Waals surface area contributed by atoms with Crippen molar-refractivity contribution < 1.29 is 16.4 Å². The van der Waals surface area contributed by atoms with Crippen LogP contribution in [0.5, 0.6) is 0 Å². The maximum absolute atomic E-state index is 9.49.